The van der Waals surface area contributed by atoms with Crippen LogP contribution in [0.1, 0.15) is 72.3 Å². The fraction of sp³-hybridized carbons (Fsp3) is 0.462. The molecule has 7 nitrogen and oxygen atoms in total. The molecular formula is C26H28O7. The predicted molar refractivity (Wildman–Crippen MR) is 120 cm³/mol. The van der Waals surface area contributed by atoms with E-state index in [1.54, 1.807) is 39.5 Å². The summed E-state index contributed by atoms with van der Waals surface area (Å²) in [6.45, 7) is 0. The van der Waals surface area contributed by atoms with Gasteiger partial charge in [0, 0.05) is 23.1 Å². The van der Waals surface area contributed by atoms with Crippen molar-refractivity contribution in [3.63, 3.8) is 0 Å². The first-order chi connectivity index (χ1) is 16.0. The molecule has 2 aliphatic heterocycles. The number of carbonyl (C=O) groups excluding carboxylic acids is 2. The zero-order chi connectivity index (χ0) is 23.2. The first-order valence-electron chi connectivity index (χ1n) is 11.4. The van der Waals surface area contributed by atoms with Crippen LogP contribution in [0.3, 0.4) is 0 Å². The lowest BCUT2D eigenvalue weighted by Crippen LogP contribution is -2.44. The van der Waals surface area contributed by atoms with Gasteiger partial charge in [0.2, 0.25) is 0 Å². The minimum absolute atomic E-state index is 0.0795. The van der Waals surface area contributed by atoms with Crippen LogP contribution >= 0.6 is 0 Å². The van der Waals surface area contributed by atoms with E-state index in [0.717, 1.165) is 43.2 Å². The smallest absolute Gasteiger partial charge is 0.312 e. The van der Waals surface area contributed by atoms with Crippen LogP contribution in [0.25, 0.3) is 0 Å². The number of ether oxygens (including phenoxy) is 5. The van der Waals surface area contributed by atoms with E-state index in [2.05, 4.69) is 0 Å². The Morgan fingerprint density at radius 1 is 0.909 bits per heavy atom. The Balaban J connectivity index is 1.70. The third-order valence-electron chi connectivity index (χ3n) is 7.08. The van der Waals surface area contributed by atoms with Gasteiger partial charge in [0.05, 0.1) is 39.7 Å². The molecule has 0 amide bonds. The molecule has 0 saturated heterocycles. The second kappa shape index (κ2) is 8.28. The van der Waals surface area contributed by atoms with Gasteiger partial charge in [0.15, 0.2) is 17.3 Å². The number of esters is 1. The van der Waals surface area contributed by atoms with Crippen molar-refractivity contribution >= 4 is 11.8 Å². The number of carbonyl (C=O) groups is 2. The molecule has 1 unspecified atom stereocenters. The van der Waals surface area contributed by atoms with Gasteiger partial charge in [-0.25, -0.2) is 0 Å². The Hall–Kier alpha value is -3.22. The highest BCUT2D eigenvalue weighted by Crippen LogP contribution is 2.53. The highest BCUT2D eigenvalue weighted by molar-refractivity contribution is 6.01. The largest absolute Gasteiger partial charge is 0.496 e. The molecule has 0 radical (unpaired) electrons. The average Bonchev–Trinajstić information content (AvgIpc) is 2.82. The summed E-state index contributed by atoms with van der Waals surface area (Å²) >= 11 is 0. The first kappa shape index (κ1) is 21.6. The van der Waals surface area contributed by atoms with Gasteiger partial charge in [-0.2, -0.15) is 0 Å². The molecule has 2 aromatic rings. The molecule has 0 bridgehead atoms. The van der Waals surface area contributed by atoms with Crippen LogP contribution in [0.2, 0.25) is 0 Å². The number of ketones is 1. The SMILES string of the molecule is COc1cc(OC)c(C2CC(=O)Oc3ccc4c(c32)OC2(CCCCC2)CC4=O)cc1OC. The standard InChI is InChI=1S/C26H28O7/c1-29-20-13-22(31-3)21(30-2)11-16(20)17-12-23(28)32-19-8-7-15-18(27)14-26(9-5-4-6-10-26)33-25(15)24(17)19/h7-8,11,13,17H,4-6,9-10,12,14H2,1-3H3. The summed E-state index contributed by atoms with van der Waals surface area (Å²) in [6.07, 6.45) is 5.43. The summed E-state index contributed by atoms with van der Waals surface area (Å²) in [5.41, 5.74) is 1.54. The van der Waals surface area contributed by atoms with Crippen LogP contribution in [0.5, 0.6) is 28.7 Å². The number of Topliss-reactive ketones (excluding diaryl/α,β-unsaturated/α-hetero) is 1. The molecule has 3 aliphatic rings. The van der Waals surface area contributed by atoms with E-state index in [1.807, 2.05) is 6.07 Å². The van der Waals surface area contributed by atoms with Crippen molar-refractivity contribution in [3.8, 4) is 28.7 Å². The zero-order valence-electron chi connectivity index (χ0n) is 19.2. The summed E-state index contributed by atoms with van der Waals surface area (Å²) in [5.74, 6) is 1.89. The van der Waals surface area contributed by atoms with Gasteiger partial charge in [-0.3, -0.25) is 9.59 Å². The van der Waals surface area contributed by atoms with Crippen LogP contribution in [0, 0.1) is 0 Å². The van der Waals surface area contributed by atoms with Crippen LogP contribution < -0.4 is 23.7 Å². The summed E-state index contributed by atoms with van der Waals surface area (Å²) < 4.78 is 28.9. The van der Waals surface area contributed by atoms with E-state index in [0.29, 0.717) is 40.7 Å². The van der Waals surface area contributed by atoms with Gasteiger partial charge in [0.25, 0.3) is 0 Å². The Bertz CT molecular complexity index is 1110. The normalized spacial score (nSPS) is 20.9. The quantitative estimate of drug-likeness (QED) is 0.486. The molecule has 1 aliphatic carbocycles. The Morgan fingerprint density at radius 2 is 1.61 bits per heavy atom. The molecule has 2 heterocycles. The highest BCUT2D eigenvalue weighted by atomic mass is 16.5. The fourth-order valence-corrected chi connectivity index (χ4v) is 5.47. The lowest BCUT2D eigenvalue weighted by Gasteiger charge is -2.42. The summed E-state index contributed by atoms with van der Waals surface area (Å²) in [5, 5.41) is 0. The predicted octanol–water partition coefficient (Wildman–Crippen LogP) is 4.82. The molecule has 1 spiro atoms. The van der Waals surface area contributed by atoms with Crippen LogP contribution in [0.4, 0.5) is 0 Å². The molecule has 1 atom stereocenters. The molecule has 1 saturated carbocycles. The van der Waals surface area contributed by atoms with Gasteiger partial charge < -0.3 is 23.7 Å². The molecule has 2 aromatic carbocycles. The number of hydrogen-bond donors (Lipinski definition) is 0. The molecule has 174 valence electrons. The van der Waals surface area contributed by atoms with Crippen molar-refractivity contribution in [1.82, 2.24) is 0 Å². The van der Waals surface area contributed by atoms with E-state index < -0.39 is 11.5 Å². The summed E-state index contributed by atoms with van der Waals surface area (Å²) in [4.78, 5) is 25.8. The maximum Gasteiger partial charge on any atom is 0.312 e. The van der Waals surface area contributed by atoms with Gasteiger partial charge >= 0.3 is 5.97 Å². The topological polar surface area (TPSA) is 80.3 Å². The molecule has 7 heteroatoms. The van der Waals surface area contributed by atoms with E-state index in [4.69, 9.17) is 23.7 Å². The first-order valence-corrected chi connectivity index (χ1v) is 11.4. The van der Waals surface area contributed by atoms with Crippen LogP contribution in [0.15, 0.2) is 24.3 Å². The van der Waals surface area contributed by atoms with Crippen molar-refractivity contribution in [2.75, 3.05) is 21.3 Å². The van der Waals surface area contributed by atoms with Crippen LogP contribution in [-0.2, 0) is 4.79 Å². The van der Waals surface area contributed by atoms with Gasteiger partial charge in [-0.1, -0.05) is 6.42 Å². The zero-order valence-corrected chi connectivity index (χ0v) is 19.2. The van der Waals surface area contributed by atoms with E-state index in [-0.39, 0.29) is 18.2 Å². The molecule has 0 N–H and O–H groups in total. The minimum Gasteiger partial charge on any atom is -0.496 e. The number of fused-ring (bicyclic) bond motifs is 3. The number of rotatable bonds is 4. The van der Waals surface area contributed by atoms with E-state index in [1.165, 1.54) is 0 Å². The van der Waals surface area contributed by atoms with Crippen molar-refractivity contribution in [2.24, 2.45) is 0 Å². The molecule has 33 heavy (non-hydrogen) atoms. The number of methoxy groups -OCH3 is 3. The third kappa shape index (κ3) is 3.59. The second-order valence-electron chi connectivity index (χ2n) is 8.98. The minimum atomic E-state index is -0.481. The Kier molecular flexibility index (Phi) is 5.43. The van der Waals surface area contributed by atoms with Gasteiger partial charge in [0.1, 0.15) is 22.8 Å². The fourth-order valence-electron chi connectivity index (χ4n) is 5.47. The van der Waals surface area contributed by atoms with Crippen molar-refractivity contribution in [3.05, 3.63) is 41.0 Å². The van der Waals surface area contributed by atoms with E-state index >= 15 is 0 Å². The Labute approximate surface area is 192 Å². The third-order valence-corrected chi connectivity index (χ3v) is 7.08. The molecule has 5 rings (SSSR count). The van der Waals surface area contributed by atoms with Gasteiger partial charge in [-0.05, 0) is 43.9 Å². The van der Waals surface area contributed by atoms with Gasteiger partial charge in [-0.15, -0.1) is 0 Å². The average molecular weight is 453 g/mol. The maximum atomic E-state index is 13.2. The monoisotopic (exact) mass is 452 g/mol. The van der Waals surface area contributed by atoms with Crippen molar-refractivity contribution in [1.29, 1.82) is 0 Å². The lowest BCUT2D eigenvalue weighted by molar-refractivity contribution is -0.135. The Morgan fingerprint density at radius 3 is 2.30 bits per heavy atom. The lowest BCUT2D eigenvalue weighted by atomic mass is 9.76. The van der Waals surface area contributed by atoms with Crippen molar-refractivity contribution < 1.29 is 33.3 Å². The van der Waals surface area contributed by atoms with E-state index in [9.17, 15) is 9.59 Å². The summed E-state index contributed by atoms with van der Waals surface area (Å²) in [6, 6.07) is 6.99. The number of benzene rings is 2. The van der Waals surface area contributed by atoms with Crippen LogP contribution in [-0.4, -0.2) is 38.7 Å². The van der Waals surface area contributed by atoms with Crippen molar-refractivity contribution in [2.45, 2.75) is 56.5 Å². The maximum absolute atomic E-state index is 13.2. The number of hydrogen-bond acceptors (Lipinski definition) is 7. The molecular weight excluding hydrogens is 424 g/mol. The highest BCUT2D eigenvalue weighted by Gasteiger charge is 2.45. The second-order valence-corrected chi connectivity index (χ2v) is 8.98. The molecule has 1 fully saturated rings. The molecule has 0 aromatic heterocycles. The summed E-state index contributed by atoms with van der Waals surface area (Å²) in [7, 11) is 4.70.